The molecule has 0 bridgehead atoms. The summed E-state index contributed by atoms with van der Waals surface area (Å²) in [6, 6.07) is 0. The van der Waals surface area contributed by atoms with Crippen LogP contribution in [0, 0.1) is 5.92 Å². The number of aliphatic imine (C=N–C) groups is 1. The van der Waals surface area contributed by atoms with Gasteiger partial charge in [0.2, 0.25) is 0 Å². The molecule has 0 saturated carbocycles. The van der Waals surface area contributed by atoms with Crippen LogP contribution in [0.15, 0.2) is 17.8 Å². The first-order chi connectivity index (χ1) is 3.81. The Balaban J connectivity index is 3.35. The molecular weight excluding hydrogens is 100 g/mol. The molecule has 46 valence electrons. The first-order valence-corrected chi connectivity index (χ1v) is 2.65. The lowest BCUT2D eigenvalue weighted by Crippen LogP contribution is -2.11. The fourth-order valence-corrected chi connectivity index (χ4v) is 0.269. The van der Waals surface area contributed by atoms with Gasteiger partial charge in [0, 0.05) is 18.3 Å². The minimum Gasteiger partial charge on any atom is -0.330 e. The van der Waals surface area contributed by atoms with Gasteiger partial charge in [0.15, 0.2) is 0 Å². The van der Waals surface area contributed by atoms with Gasteiger partial charge in [-0.25, -0.2) is 0 Å². The van der Waals surface area contributed by atoms with Crippen molar-refractivity contribution in [2.45, 2.75) is 6.92 Å². The molecule has 2 nitrogen and oxygen atoms in total. The van der Waals surface area contributed by atoms with Gasteiger partial charge in [0.1, 0.15) is 0 Å². The van der Waals surface area contributed by atoms with Crippen LogP contribution in [0.5, 0.6) is 0 Å². The van der Waals surface area contributed by atoms with Crippen molar-refractivity contribution in [3.8, 4) is 0 Å². The van der Waals surface area contributed by atoms with E-state index in [1.165, 1.54) is 6.20 Å². The Morgan fingerprint density at radius 3 is 2.88 bits per heavy atom. The van der Waals surface area contributed by atoms with Crippen LogP contribution in [-0.4, -0.2) is 12.8 Å². The molecule has 2 heteroatoms. The third-order valence-electron chi connectivity index (χ3n) is 0.818. The van der Waals surface area contributed by atoms with Crippen molar-refractivity contribution >= 4 is 6.21 Å². The summed E-state index contributed by atoms with van der Waals surface area (Å²) in [5.74, 6) is 0.369. The van der Waals surface area contributed by atoms with Crippen molar-refractivity contribution in [2.75, 3.05) is 6.54 Å². The van der Waals surface area contributed by atoms with Crippen molar-refractivity contribution in [1.29, 1.82) is 0 Å². The molecule has 0 heterocycles. The maximum absolute atomic E-state index is 5.29. The first-order valence-electron chi connectivity index (χ1n) is 2.65. The van der Waals surface area contributed by atoms with Gasteiger partial charge >= 0.3 is 0 Å². The number of rotatable bonds is 3. The molecule has 8 heavy (non-hydrogen) atoms. The van der Waals surface area contributed by atoms with Crippen molar-refractivity contribution in [3.05, 3.63) is 12.8 Å². The SMILES string of the molecule is C=CN=CC(C)CN. The van der Waals surface area contributed by atoms with Crippen LogP contribution in [0.2, 0.25) is 0 Å². The lowest BCUT2D eigenvalue weighted by molar-refractivity contribution is 0.799. The van der Waals surface area contributed by atoms with Crippen LogP contribution in [0.3, 0.4) is 0 Å². The summed E-state index contributed by atoms with van der Waals surface area (Å²) < 4.78 is 0. The Kier molecular flexibility index (Phi) is 4.17. The zero-order chi connectivity index (χ0) is 6.41. The number of nitrogens with two attached hydrogens (primary N) is 1. The lowest BCUT2D eigenvalue weighted by Gasteiger charge is -1.95. The maximum atomic E-state index is 5.29. The summed E-state index contributed by atoms with van der Waals surface area (Å²) >= 11 is 0. The molecule has 0 rings (SSSR count). The Morgan fingerprint density at radius 2 is 2.50 bits per heavy atom. The van der Waals surface area contributed by atoms with Gasteiger partial charge in [0.25, 0.3) is 0 Å². The first kappa shape index (κ1) is 7.37. The highest BCUT2D eigenvalue weighted by molar-refractivity contribution is 5.61. The highest BCUT2D eigenvalue weighted by Crippen LogP contribution is 1.83. The molecule has 0 aliphatic heterocycles. The average molecular weight is 112 g/mol. The molecular formula is C6H12N2. The third kappa shape index (κ3) is 3.56. The van der Waals surface area contributed by atoms with E-state index in [1.807, 2.05) is 6.92 Å². The fourth-order valence-electron chi connectivity index (χ4n) is 0.269. The second-order valence-corrected chi connectivity index (χ2v) is 1.69. The van der Waals surface area contributed by atoms with Gasteiger partial charge in [-0.15, -0.1) is 0 Å². The average Bonchev–Trinajstić information content (AvgIpc) is 1.83. The summed E-state index contributed by atoms with van der Waals surface area (Å²) in [5, 5.41) is 0. The van der Waals surface area contributed by atoms with E-state index in [9.17, 15) is 0 Å². The molecule has 0 aliphatic rings. The Morgan fingerprint density at radius 1 is 1.88 bits per heavy atom. The Labute approximate surface area is 50.1 Å². The summed E-state index contributed by atoms with van der Waals surface area (Å²) in [5.41, 5.74) is 5.29. The largest absolute Gasteiger partial charge is 0.330 e. The van der Waals surface area contributed by atoms with E-state index < -0.39 is 0 Å². The van der Waals surface area contributed by atoms with Gasteiger partial charge < -0.3 is 5.73 Å². The normalized spacial score (nSPS) is 14.2. The second kappa shape index (κ2) is 4.53. The van der Waals surface area contributed by atoms with Crippen LogP contribution >= 0.6 is 0 Å². The second-order valence-electron chi connectivity index (χ2n) is 1.69. The van der Waals surface area contributed by atoms with Crippen LogP contribution < -0.4 is 5.73 Å². The van der Waals surface area contributed by atoms with E-state index in [0.717, 1.165) is 0 Å². The topological polar surface area (TPSA) is 38.4 Å². The molecule has 0 radical (unpaired) electrons. The van der Waals surface area contributed by atoms with E-state index in [4.69, 9.17) is 5.73 Å². The van der Waals surface area contributed by atoms with Gasteiger partial charge in [-0.1, -0.05) is 13.5 Å². The number of nitrogens with zero attached hydrogens (tertiary/aromatic N) is 1. The highest BCUT2D eigenvalue weighted by atomic mass is 14.7. The molecule has 1 unspecified atom stereocenters. The van der Waals surface area contributed by atoms with Gasteiger partial charge in [0.05, 0.1) is 0 Å². The van der Waals surface area contributed by atoms with Crippen molar-refractivity contribution in [1.82, 2.24) is 0 Å². The fraction of sp³-hybridized carbons (Fsp3) is 0.500. The van der Waals surface area contributed by atoms with Crippen LogP contribution in [0.4, 0.5) is 0 Å². The minimum absolute atomic E-state index is 0.369. The molecule has 0 fully saturated rings. The van der Waals surface area contributed by atoms with Crippen LogP contribution in [0.25, 0.3) is 0 Å². The molecule has 0 spiro atoms. The van der Waals surface area contributed by atoms with Crippen molar-refractivity contribution < 1.29 is 0 Å². The molecule has 0 amide bonds. The summed E-state index contributed by atoms with van der Waals surface area (Å²) in [6.07, 6.45) is 3.29. The smallest absolute Gasteiger partial charge is 0.0192 e. The Hall–Kier alpha value is -0.630. The maximum Gasteiger partial charge on any atom is 0.0192 e. The highest BCUT2D eigenvalue weighted by Gasteiger charge is 1.88. The van der Waals surface area contributed by atoms with E-state index in [-0.39, 0.29) is 0 Å². The monoisotopic (exact) mass is 112 g/mol. The number of hydrogen-bond acceptors (Lipinski definition) is 2. The lowest BCUT2D eigenvalue weighted by atomic mass is 10.2. The molecule has 2 N–H and O–H groups in total. The van der Waals surface area contributed by atoms with Gasteiger partial charge in [-0.3, -0.25) is 4.99 Å². The zero-order valence-electron chi connectivity index (χ0n) is 5.17. The molecule has 0 saturated heterocycles. The molecule has 0 aromatic carbocycles. The minimum atomic E-state index is 0.369. The summed E-state index contributed by atoms with van der Waals surface area (Å²) in [7, 11) is 0. The quantitative estimate of drug-likeness (QED) is 0.539. The zero-order valence-corrected chi connectivity index (χ0v) is 5.17. The third-order valence-corrected chi connectivity index (χ3v) is 0.818. The predicted molar refractivity (Wildman–Crippen MR) is 36.9 cm³/mol. The number of hydrogen-bond donors (Lipinski definition) is 1. The molecule has 0 aliphatic carbocycles. The van der Waals surface area contributed by atoms with E-state index in [1.54, 1.807) is 6.21 Å². The predicted octanol–water partition coefficient (Wildman–Crippen LogP) is 0.796. The molecule has 1 atom stereocenters. The summed E-state index contributed by atoms with van der Waals surface area (Å²) in [4.78, 5) is 3.80. The molecule has 0 aromatic heterocycles. The van der Waals surface area contributed by atoms with E-state index in [2.05, 4.69) is 11.6 Å². The van der Waals surface area contributed by atoms with Crippen molar-refractivity contribution in [3.63, 3.8) is 0 Å². The van der Waals surface area contributed by atoms with Crippen molar-refractivity contribution in [2.24, 2.45) is 16.6 Å². The standard InChI is InChI=1S/C6H12N2/c1-3-8-5-6(2)4-7/h3,5-6H,1,4,7H2,2H3. The van der Waals surface area contributed by atoms with Crippen LogP contribution in [-0.2, 0) is 0 Å². The van der Waals surface area contributed by atoms with Gasteiger partial charge in [-0.05, 0) is 6.54 Å². The molecule has 0 aromatic rings. The van der Waals surface area contributed by atoms with Gasteiger partial charge in [-0.2, -0.15) is 0 Å². The summed E-state index contributed by atoms with van der Waals surface area (Å²) in [6.45, 7) is 6.09. The Bertz CT molecular complexity index is 86.5. The van der Waals surface area contributed by atoms with E-state index in [0.29, 0.717) is 12.5 Å². The van der Waals surface area contributed by atoms with Crippen LogP contribution in [0.1, 0.15) is 6.92 Å². The van der Waals surface area contributed by atoms with E-state index >= 15 is 0 Å².